The molecule has 0 spiro atoms. The van der Waals surface area contributed by atoms with Crippen LogP contribution in [0.3, 0.4) is 0 Å². The molecule has 1 fully saturated rings. The van der Waals surface area contributed by atoms with Crippen LogP contribution in [-0.2, 0) is 0 Å². The molecule has 1 N–H and O–H groups in total. The van der Waals surface area contributed by atoms with Gasteiger partial charge in [-0.05, 0) is 37.0 Å². The number of carboxylic acid groups (broad SMARTS) is 1. The summed E-state index contributed by atoms with van der Waals surface area (Å²) in [6, 6.07) is 5.52. The van der Waals surface area contributed by atoms with Gasteiger partial charge in [-0.25, -0.2) is 4.79 Å². The van der Waals surface area contributed by atoms with E-state index >= 15 is 0 Å². The Morgan fingerprint density at radius 1 is 1.47 bits per heavy atom. The minimum atomic E-state index is -0.838. The molecule has 0 amide bonds. The predicted molar refractivity (Wildman–Crippen MR) is 68.7 cm³/mol. The average molecular weight is 233 g/mol. The third kappa shape index (κ3) is 2.28. The molecule has 0 unspecified atom stereocenters. The van der Waals surface area contributed by atoms with Gasteiger partial charge < -0.3 is 10.0 Å². The molecule has 0 atom stereocenters. The van der Waals surface area contributed by atoms with Crippen molar-refractivity contribution in [1.82, 2.24) is 0 Å². The van der Waals surface area contributed by atoms with Gasteiger partial charge in [0.1, 0.15) is 0 Å². The van der Waals surface area contributed by atoms with E-state index in [-0.39, 0.29) is 0 Å². The fraction of sp³-hybridized carbons (Fsp3) is 0.500. The molecule has 1 saturated heterocycles. The van der Waals surface area contributed by atoms with Crippen molar-refractivity contribution in [3.05, 3.63) is 29.3 Å². The number of anilines is 1. The Morgan fingerprint density at radius 3 is 2.76 bits per heavy atom. The Labute approximate surface area is 102 Å². The van der Waals surface area contributed by atoms with Crippen LogP contribution in [0.15, 0.2) is 18.2 Å². The Morgan fingerprint density at radius 2 is 2.18 bits per heavy atom. The largest absolute Gasteiger partial charge is 0.478 e. The van der Waals surface area contributed by atoms with Gasteiger partial charge in [-0.15, -0.1) is 0 Å². The SMILES string of the molecule is CCCC1CN(c2cccc(C(=O)O)c2C)C1. The van der Waals surface area contributed by atoms with E-state index in [4.69, 9.17) is 5.11 Å². The van der Waals surface area contributed by atoms with Gasteiger partial charge in [0.05, 0.1) is 5.56 Å². The van der Waals surface area contributed by atoms with Crippen molar-refractivity contribution in [3.63, 3.8) is 0 Å². The smallest absolute Gasteiger partial charge is 0.336 e. The zero-order valence-corrected chi connectivity index (χ0v) is 10.4. The zero-order valence-electron chi connectivity index (χ0n) is 10.4. The van der Waals surface area contributed by atoms with Crippen molar-refractivity contribution >= 4 is 11.7 Å². The first kappa shape index (κ1) is 12.0. The molecular formula is C14H19NO2. The molecule has 1 heterocycles. The fourth-order valence-electron chi connectivity index (χ4n) is 2.56. The summed E-state index contributed by atoms with van der Waals surface area (Å²) < 4.78 is 0. The van der Waals surface area contributed by atoms with Gasteiger partial charge in [0.15, 0.2) is 0 Å². The lowest BCUT2D eigenvalue weighted by atomic mass is 9.93. The number of aromatic carboxylic acids is 1. The molecule has 92 valence electrons. The topological polar surface area (TPSA) is 40.5 Å². The first-order valence-corrected chi connectivity index (χ1v) is 6.21. The van der Waals surface area contributed by atoms with Gasteiger partial charge in [-0.1, -0.05) is 19.4 Å². The summed E-state index contributed by atoms with van der Waals surface area (Å²) in [5.74, 6) is -0.0529. The Kier molecular flexibility index (Phi) is 3.36. The summed E-state index contributed by atoms with van der Waals surface area (Å²) in [5, 5.41) is 9.08. The molecule has 1 aliphatic rings. The number of hydrogen-bond acceptors (Lipinski definition) is 2. The number of carboxylic acids is 1. The molecule has 0 radical (unpaired) electrons. The number of nitrogens with zero attached hydrogens (tertiary/aromatic N) is 1. The maximum absolute atomic E-state index is 11.1. The minimum absolute atomic E-state index is 0.418. The molecule has 1 aromatic rings. The Hall–Kier alpha value is -1.51. The highest BCUT2D eigenvalue weighted by atomic mass is 16.4. The van der Waals surface area contributed by atoms with E-state index in [1.54, 1.807) is 6.07 Å². The van der Waals surface area contributed by atoms with Crippen molar-refractivity contribution in [3.8, 4) is 0 Å². The van der Waals surface area contributed by atoms with Gasteiger partial charge in [-0.2, -0.15) is 0 Å². The van der Waals surface area contributed by atoms with E-state index < -0.39 is 5.97 Å². The van der Waals surface area contributed by atoms with Crippen LogP contribution in [0.5, 0.6) is 0 Å². The first-order valence-electron chi connectivity index (χ1n) is 6.21. The highest BCUT2D eigenvalue weighted by Crippen LogP contribution is 2.31. The number of hydrogen-bond donors (Lipinski definition) is 1. The third-order valence-corrected chi connectivity index (χ3v) is 3.53. The number of rotatable bonds is 4. The van der Waals surface area contributed by atoms with Gasteiger partial charge in [0.25, 0.3) is 0 Å². The monoisotopic (exact) mass is 233 g/mol. The highest BCUT2D eigenvalue weighted by molar-refractivity contribution is 5.91. The normalized spacial score (nSPS) is 15.8. The van der Waals surface area contributed by atoms with Crippen LogP contribution in [0, 0.1) is 12.8 Å². The van der Waals surface area contributed by atoms with Crippen LogP contribution in [0.4, 0.5) is 5.69 Å². The Balaban J connectivity index is 2.13. The quantitative estimate of drug-likeness (QED) is 0.869. The second kappa shape index (κ2) is 4.78. The van der Waals surface area contributed by atoms with Crippen LogP contribution in [0.2, 0.25) is 0 Å². The molecule has 0 aromatic heterocycles. The van der Waals surface area contributed by atoms with E-state index in [9.17, 15) is 4.79 Å². The summed E-state index contributed by atoms with van der Waals surface area (Å²) >= 11 is 0. The highest BCUT2D eigenvalue weighted by Gasteiger charge is 2.27. The van der Waals surface area contributed by atoms with Crippen LogP contribution in [-0.4, -0.2) is 24.2 Å². The maximum atomic E-state index is 11.1. The summed E-state index contributed by atoms with van der Waals surface area (Å²) in [4.78, 5) is 13.3. The lowest BCUT2D eigenvalue weighted by Crippen LogP contribution is -2.47. The fourth-order valence-corrected chi connectivity index (χ4v) is 2.56. The Bertz CT molecular complexity index is 422. The standard InChI is InChI=1S/C14H19NO2/c1-3-5-11-8-15(9-11)13-7-4-6-12(10(13)2)14(16)17/h4,6-7,11H,3,5,8-9H2,1-2H3,(H,16,17). The summed E-state index contributed by atoms with van der Waals surface area (Å²) in [6.45, 7) is 6.24. The van der Waals surface area contributed by atoms with Crippen molar-refractivity contribution < 1.29 is 9.90 Å². The lowest BCUT2D eigenvalue weighted by molar-refractivity contribution is 0.0696. The van der Waals surface area contributed by atoms with Crippen LogP contribution >= 0.6 is 0 Å². The third-order valence-electron chi connectivity index (χ3n) is 3.53. The number of carbonyl (C=O) groups is 1. The van der Waals surface area contributed by atoms with E-state index in [1.807, 2.05) is 19.1 Å². The van der Waals surface area contributed by atoms with Crippen molar-refractivity contribution in [2.24, 2.45) is 5.92 Å². The molecule has 3 heteroatoms. The summed E-state index contributed by atoms with van der Waals surface area (Å²) in [7, 11) is 0. The van der Waals surface area contributed by atoms with Crippen molar-refractivity contribution in [1.29, 1.82) is 0 Å². The van der Waals surface area contributed by atoms with Crippen LogP contribution < -0.4 is 4.90 Å². The molecule has 3 nitrogen and oxygen atoms in total. The van der Waals surface area contributed by atoms with E-state index in [0.29, 0.717) is 5.56 Å². The molecule has 17 heavy (non-hydrogen) atoms. The molecular weight excluding hydrogens is 214 g/mol. The first-order chi connectivity index (χ1) is 8.13. The lowest BCUT2D eigenvalue weighted by Gasteiger charge is -2.42. The molecule has 1 aliphatic heterocycles. The second-order valence-corrected chi connectivity index (χ2v) is 4.81. The van der Waals surface area contributed by atoms with Crippen molar-refractivity contribution in [2.45, 2.75) is 26.7 Å². The van der Waals surface area contributed by atoms with Gasteiger partial charge in [-0.3, -0.25) is 0 Å². The summed E-state index contributed by atoms with van der Waals surface area (Å²) in [5.41, 5.74) is 2.38. The zero-order chi connectivity index (χ0) is 12.4. The van der Waals surface area contributed by atoms with Gasteiger partial charge in [0.2, 0.25) is 0 Å². The predicted octanol–water partition coefficient (Wildman–Crippen LogP) is 2.93. The van der Waals surface area contributed by atoms with Gasteiger partial charge >= 0.3 is 5.97 Å². The van der Waals surface area contributed by atoms with Crippen LogP contribution in [0.1, 0.15) is 35.7 Å². The maximum Gasteiger partial charge on any atom is 0.336 e. The molecule has 2 rings (SSSR count). The van der Waals surface area contributed by atoms with Crippen molar-refractivity contribution in [2.75, 3.05) is 18.0 Å². The molecule has 1 aromatic carbocycles. The van der Waals surface area contributed by atoms with Gasteiger partial charge in [0, 0.05) is 18.8 Å². The summed E-state index contributed by atoms with van der Waals surface area (Å²) in [6.07, 6.45) is 2.50. The molecule has 0 saturated carbocycles. The molecule has 0 aliphatic carbocycles. The van der Waals surface area contributed by atoms with E-state index in [1.165, 1.54) is 12.8 Å². The number of benzene rings is 1. The van der Waals surface area contributed by atoms with E-state index in [0.717, 1.165) is 30.3 Å². The molecule has 0 bridgehead atoms. The van der Waals surface area contributed by atoms with E-state index in [2.05, 4.69) is 11.8 Å². The van der Waals surface area contributed by atoms with Crippen LogP contribution in [0.25, 0.3) is 0 Å². The second-order valence-electron chi connectivity index (χ2n) is 4.81. The minimum Gasteiger partial charge on any atom is -0.478 e. The average Bonchev–Trinajstić information content (AvgIpc) is 2.23.